The lowest BCUT2D eigenvalue weighted by Gasteiger charge is -2.27. The summed E-state index contributed by atoms with van der Waals surface area (Å²) in [6.07, 6.45) is 2.23. The maximum absolute atomic E-state index is 11.8. The topological polar surface area (TPSA) is 78.4 Å². The molecule has 0 aliphatic rings. The highest BCUT2D eigenvalue weighted by molar-refractivity contribution is 5.74. The highest BCUT2D eigenvalue weighted by Gasteiger charge is 2.20. The molecule has 0 saturated heterocycles. The van der Waals surface area contributed by atoms with Crippen molar-refractivity contribution in [2.75, 3.05) is 6.54 Å². The predicted octanol–water partition coefficient (Wildman–Crippen LogP) is 3.25. The Labute approximate surface area is 128 Å². The third-order valence-electron chi connectivity index (χ3n) is 4.12. The maximum Gasteiger partial charge on any atom is 0.315 e. The number of carbonyl (C=O) groups is 2. The minimum absolute atomic E-state index is 0.0518. The van der Waals surface area contributed by atoms with Crippen LogP contribution >= 0.6 is 0 Å². The molecule has 0 aliphatic heterocycles. The van der Waals surface area contributed by atoms with E-state index in [-0.39, 0.29) is 23.4 Å². The molecular formula is C16H32N2O3. The van der Waals surface area contributed by atoms with Gasteiger partial charge in [-0.25, -0.2) is 4.79 Å². The van der Waals surface area contributed by atoms with Crippen LogP contribution in [-0.2, 0) is 4.79 Å². The molecule has 0 saturated carbocycles. The van der Waals surface area contributed by atoms with Crippen LogP contribution in [0.1, 0.15) is 60.8 Å². The zero-order valence-corrected chi connectivity index (χ0v) is 14.3. The fraction of sp³-hybridized carbons (Fsp3) is 0.875. The maximum atomic E-state index is 11.8. The fourth-order valence-electron chi connectivity index (χ4n) is 1.75. The van der Waals surface area contributed by atoms with Crippen LogP contribution in [0.3, 0.4) is 0 Å². The van der Waals surface area contributed by atoms with Gasteiger partial charge in [0.25, 0.3) is 0 Å². The first-order valence-corrected chi connectivity index (χ1v) is 7.81. The SMILES string of the molecule is CC(CCCC(C)C(=O)O)NC(=O)NCC(C)C(C)(C)C. The van der Waals surface area contributed by atoms with Gasteiger partial charge < -0.3 is 15.7 Å². The van der Waals surface area contributed by atoms with E-state index in [2.05, 4.69) is 38.3 Å². The molecule has 5 nitrogen and oxygen atoms in total. The second kappa shape index (κ2) is 8.90. The van der Waals surface area contributed by atoms with Crippen LogP contribution in [0.2, 0.25) is 0 Å². The monoisotopic (exact) mass is 300 g/mol. The van der Waals surface area contributed by atoms with Gasteiger partial charge in [-0.3, -0.25) is 4.79 Å². The minimum atomic E-state index is -0.760. The average molecular weight is 300 g/mol. The Morgan fingerprint density at radius 1 is 1.10 bits per heavy atom. The number of hydrogen-bond acceptors (Lipinski definition) is 2. The molecule has 0 aromatic rings. The van der Waals surface area contributed by atoms with Crippen molar-refractivity contribution in [3.8, 4) is 0 Å². The van der Waals surface area contributed by atoms with E-state index in [9.17, 15) is 9.59 Å². The first-order chi connectivity index (χ1) is 9.54. The molecule has 0 bridgehead atoms. The zero-order chi connectivity index (χ0) is 16.6. The van der Waals surface area contributed by atoms with E-state index in [1.807, 2.05) is 6.92 Å². The van der Waals surface area contributed by atoms with E-state index in [0.717, 1.165) is 12.8 Å². The second-order valence-corrected chi connectivity index (χ2v) is 7.19. The van der Waals surface area contributed by atoms with Gasteiger partial charge in [0.05, 0.1) is 5.92 Å². The predicted molar refractivity (Wildman–Crippen MR) is 85.3 cm³/mol. The molecule has 0 fully saturated rings. The molecule has 0 aromatic carbocycles. The van der Waals surface area contributed by atoms with Crippen LogP contribution in [0.5, 0.6) is 0 Å². The van der Waals surface area contributed by atoms with E-state index in [1.54, 1.807) is 6.92 Å². The molecule has 3 atom stereocenters. The van der Waals surface area contributed by atoms with Crippen molar-refractivity contribution in [2.45, 2.75) is 66.8 Å². The Kier molecular flexibility index (Phi) is 8.37. The summed E-state index contributed by atoms with van der Waals surface area (Å²) in [6.45, 7) is 12.9. The largest absolute Gasteiger partial charge is 0.481 e. The van der Waals surface area contributed by atoms with Gasteiger partial charge in [0, 0.05) is 12.6 Å². The number of hydrogen-bond donors (Lipinski definition) is 3. The van der Waals surface area contributed by atoms with Crippen molar-refractivity contribution in [3.05, 3.63) is 0 Å². The van der Waals surface area contributed by atoms with Gasteiger partial charge in [0.15, 0.2) is 0 Å². The molecule has 3 N–H and O–H groups in total. The molecule has 5 heteroatoms. The molecule has 0 radical (unpaired) electrons. The molecule has 3 unspecified atom stereocenters. The van der Waals surface area contributed by atoms with Gasteiger partial charge in [-0.05, 0) is 31.1 Å². The zero-order valence-electron chi connectivity index (χ0n) is 14.3. The van der Waals surface area contributed by atoms with Crippen molar-refractivity contribution in [1.82, 2.24) is 10.6 Å². The molecular weight excluding hydrogens is 268 g/mol. The van der Waals surface area contributed by atoms with Gasteiger partial charge in [-0.2, -0.15) is 0 Å². The van der Waals surface area contributed by atoms with E-state index in [0.29, 0.717) is 18.9 Å². The van der Waals surface area contributed by atoms with Crippen LogP contribution in [0.25, 0.3) is 0 Å². The number of carboxylic acids is 1. The molecule has 0 aromatic heterocycles. The summed E-state index contributed by atoms with van der Waals surface area (Å²) in [6, 6.07) is -0.0965. The number of rotatable bonds is 8. The average Bonchev–Trinajstić information content (AvgIpc) is 2.34. The van der Waals surface area contributed by atoms with Gasteiger partial charge in [0.2, 0.25) is 0 Å². The first-order valence-electron chi connectivity index (χ1n) is 7.81. The quantitative estimate of drug-likeness (QED) is 0.644. The number of aliphatic carboxylic acids is 1. The van der Waals surface area contributed by atoms with Crippen LogP contribution in [-0.4, -0.2) is 29.7 Å². The molecule has 0 aliphatic carbocycles. The Balaban J connectivity index is 3.87. The van der Waals surface area contributed by atoms with Crippen LogP contribution in [0.4, 0.5) is 4.79 Å². The Bertz CT molecular complexity index is 337. The number of amides is 2. The highest BCUT2D eigenvalue weighted by atomic mass is 16.4. The number of nitrogens with one attached hydrogen (secondary N) is 2. The standard InChI is InChI=1S/C16H32N2O3/c1-11(14(19)20)8-7-9-13(3)18-15(21)17-10-12(2)16(4,5)6/h11-13H,7-10H2,1-6H3,(H,19,20)(H2,17,18,21). The van der Waals surface area contributed by atoms with Crippen molar-refractivity contribution < 1.29 is 14.7 Å². The van der Waals surface area contributed by atoms with E-state index in [4.69, 9.17) is 5.11 Å². The summed E-state index contributed by atoms with van der Waals surface area (Å²) >= 11 is 0. The lowest BCUT2D eigenvalue weighted by molar-refractivity contribution is -0.141. The lowest BCUT2D eigenvalue weighted by Crippen LogP contribution is -2.43. The van der Waals surface area contributed by atoms with E-state index < -0.39 is 5.97 Å². The molecule has 124 valence electrons. The van der Waals surface area contributed by atoms with Gasteiger partial charge in [-0.1, -0.05) is 41.0 Å². The summed E-state index contributed by atoms with van der Waals surface area (Å²) < 4.78 is 0. The normalized spacial score (nSPS) is 15.9. The van der Waals surface area contributed by atoms with Gasteiger partial charge in [-0.15, -0.1) is 0 Å². The molecule has 2 amide bonds. The summed E-state index contributed by atoms with van der Waals surface area (Å²) in [5, 5.41) is 14.6. The lowest BCUT2D eigenvalue weighted by atomic mass is 9.82. The Hall–Kier alpha value is -1.26. The van der Waals surface area contributed by atoms with Crippen LogP contribution < -0.4 is 10.6 Å². The van der Waals surface area contributed by atoms with Gasteiger partial charge in [0.1, 0.15) is 0 Å². The molecule has 0 spiro atoms. The third-order valence-corrected chi connectivity index (χ3v) is 4.12. The first kappa shape index (κ1) is 19.7. The summed E-state index contributed by atoms with van der Waals surface area (Å²) in [7, 11) is 0. The van der Waals surface area contributed by atoms with Gasteiger partial charge >= 0.3 is 12.0 Å². The fourth-order valence-corrected chi connectivity index (χ4v) is 1.75. The third kappa shape index (κ3) is 9.32. The van der Waals surface area contributed by atoms with Crippen molar-refractivity contribution in [1.29, 1.82) is 0 Å². The number of urea groups is 1. The molecule has 21 heavy (non-hydrogen) atoms. The van der Waals surface area contributed by atoms with E-state index in [1.165, 1.54) is 0 Å². The van der Waals surface area contributed by atoms with Crippen LogP contribution in [0, 0.1) is 17.3 Å². The second-order valence-electron chi connectivity index (χ2n) is 7.19. The van der Waals surface area contributed by atoms with E-state index >= 15 is 0 Å². The molecule has 0 rings (SSSR count). The van der Waals surface area contributed by atoms with Crippen LogP contribution in [0.15, 0.2) is 0 Å². The minimum Gasteiger partial charge on any atom is -0.481 e. The molecule has 0 heterocycles. The summed E-state index contributed by atoms with van der Waals surface area (Å²) in [5.41, 5.74) is 0.172. The van der Waals surface area contributed by atoms with Crippen molar-refractivity contribution in [2.24, 2.45) is 17.3 Å². The highest BCUT2D eigenvalue weighted by Crippen LogP contribution is 2.24. The Morgan fingerprint density at radius 2 is 1.67 bits per heavy atom. The Morgan fingerprint density at radius 3 is 2.14 bits per heavy atom. The summed E-state index contributed by atoms with van der Waals surface area (Å²) in [5.74, 6) is -0.682. The van der Waals surface area contributed by atoms with Crippen molar-refractivity contribution in [3.63, 3.8) is 0 Å². The van der Waals surface area contributed by atoms with Crippen molar-refractivity contribution >= 4 is 12.0 Å². The number of carbonyl (C=O) groups excluding carboxylic acids is 1. The number of carboxylic acid groups (broad SMARTS) is 1. The smallest absolute Gasteiger partial charge is 0.315 e. The summed E-state index contributed by atoms with van der Waals surface area (Å²) in [4.78, 5) is 22.5.